The normalized spacial score (nSPS) is 23.3. The zero-order chi connectivity index (χ0) is 14.6. The molecule has 1 aliphatic heterocycles. The molecule has 1 rings (SSSR count). The molecule has 1 unspecified atom stereocenters. The van der Waals surface area contributed by atoms with Crippen LogP contribution in [0.2, 0.25) is 0 Å². The Kier molecular flexibility index (Phi) is 5.17. The molecule has 0 spiro atoms. The van der Waals surface area contributed by atoms with Crippen molar-refractivity contribution in [1.82, 2.24) is 10.6 Å². The smallest absolute Gasteiger partial charge is 0.407 e. The number of esters is 1. The third-order valence-corrected chi connectivity index (χ3v) is 2.62. The van der Waals surface area contributed by atoms with E-state index < -0.39 is 11.5 Å². The first kappa shape index (κ1) is 15.8. The van der Waals surface area contributed by atoms with Crippen LogP contribution in [0.5, 0.6) is 0 Å². The van der Waals surface area contributed by atoms with E-state index in [1.165, 1.54) is 0 Å². The zero-order valence-corrected chi connectivity index (χ0v) is 12.3. The first-order valence-corrected chi connectivity index (χ1v) is 6.60. The maximum absolute atomic E-state index is 11.7. The molecular formula is C13H24N2O4. The summed E-state index contributed by atoms with van der Waals surface area (Å²) in [5.41, 5.74) is -0.524. The first-order chi connectivity index (χ1) is 8.68. The van der Waals surface area contributed by atoms with Gasteiger partial charge in [-0.05, 0) is 34.6 Å². The van der Waals surface area contributed by atoms with Gasteiger partial charge in [0.2, 0.25) is 0 Å². The van der Waals surface area contributed by atoms with Crippen LogP contribution in [-0.4, -0.2) is 37.0 Å². The molecule has 0 saturated carbocycles. The summed E-state index contributed by atoms with van der Waals surface area (Å²) in [6.45, 7) is 9.57. The number of nitrogens with one attached hydrogen (secondary N) is 2. The molecule has 1 saturated heterocycles. The third-order valence-electron chi connectivity index (χ3n) is 2.62. The SMILES string of the molecule is CC(C)OC(=O)N[C@H]1CNC(OC(=O)C(C)(C)C)C1. The van der Waals surface area contributed by atoms with Gasteiger partial charge in [-0.2, -0.15) is 0 Å². The van der Waals surface area contributed by atoms with Gasteiger partial charge in [-0.25, -0.2) is 4.79 Å². The molecule has 0 bridgehead atoms. The van der Waals surface area contributed by atoms with Gasteiger partial charge in [0.1, 0.15) is 0 Å². The number of alkyl carbamates (subject to hydrolysis) is 1. The molecule has 1 aliphatic rings. The van der Waals surface area contributed by atoms with Gasteiger partial charge in [0.05, 0.1) is 11.5 Å². The van der Waals surface area contributed by atoms with Crippen molar-refractivity contribution in [1.29, 1.82) is 0 Å². The van der Waals surface area contributed by atoms with E-state index in [-0.39, 0.29) is 24.3 Å². The van der Waals surface area contributed by atoms with E-state index in [1.54, 1.807) is 34.6 Å². The number of rotatable bonds is 3. The Balaban J connectivity index is 2.34. The molecule has 6 nitrogen and oxygen atoms in total. The molecule has 19 heavy (non-hydrogen) atoms. The average Bonchev–Trinajstić information content (AvgIpc) is 2.62. The zero-order valence-electron chi connectivity index (χ0n) is 12.3. The lowest BCUT2D eigenvalue weighted by Crippen LogP contribution is -2.37. The molecule has 0 aromatic rings. The van der Waals surface area contributed by atoms with Crippen LogP contribution in [0.25, 0.3) is 0 Å². The summed E-state index contributed by atoms with van der Waals surface area (Å²) in [5.74, 6) is -0.254. The summed E-state index contributed by atoms with van der Waals surface area (Å²) < 4.78 is 10.3. The van der Waals surface area contributed by atoms with Gasteiger partial charge in [0, 0.05) is 19.0 Å². The van der Waals surface area contributed by atoms with Crippen molar-refractivity contribution in [3.8, 4) is 0 Å². The molecule has 2 N–H and O–H groups in total. The van der Waals surface area contributed by atoms with Crippen LogP contribution >= 0.6 is 0 Å². The van der Waals surface area contributed by atoms with E-state index in [4.69, 9.17) is 9.47 Å². The second-order valence-corrected chi connectivity index (χ2v) is 6.08. The summed E-state index contributed by atoms with van der Waals surface area (Å²) in [4.78, 5) is 23.1. The Labute approximate surface area is 114 Å². The van der Waals surface area contributed by atoms with Crippen molar-refractivity contribution in [3.05, 3.63) is 0 Å². The van der Waals surface area contributed by atoms with Crippen molar-refractivity contribution >= 4 is 12.1 Å². The Morgan fingerprint density at radius 3 is 2.47 bits per heavy atom. The van der Waals surface area contributed by atoms with Gasteiger partial charge >= 0.3 is 12.1 Å². The van der Waals surface area contributed by atoms with Crippen molar-refractivity contribution in [2.24, 2.45) is 5.41 Å². The molecule has 0 aliphatic carbocycles. The minimum Gasteiger partial charge on any atom is -0.447 e. The van der Waals surface area contributed by atoms with E-state index in [1.807, 2.05) is 0 Å². The number of hydrogen-bond donors (Lipinski definition) is 2. The Bertz CT molecular complexity index is 336. The fourth-order valence-electron chi connectivity index (χ4n) is 1.62. The predicted octanol–water partition coefficient (Wildman–Crippen LogP) is 1.40. The lowest BCUT2D eigenvalue weighted by atomic mass is 9.97. The average molecular weight is 272 g/mol. The predicted molar refractivity (Wildman–Crippen MR) is 70.5 cm³/mol. The monoisotopic (exact) mass is 272 g/mol. The highest BCUT2D eigenvalue weighted by Crippen LogP contribution is 2.18. The molecule has 6 heteroatoms. The summed E-state index contributed by atoms with van der Waals surface area (Å²) >= 11 is 0. The van der Waals surface area contributed by atoms with E-state index in [2.05, 4.69) is 10.6 Å². The van der Waals surface area contributed by atoms with Gasteiger partial charge in [-0.1, -0.05) is 0 Å². The molecule has 1 fully saturated rings. The minimum absolute atomic E-state index is 0.0796. The first-order valence-electron chi connectivity index (χ1n) is 6.60. The van der Waals surface area contributed by atoms with Crippen molar-refractivity contribution in [2.75, 3.05) is 6.54 Å². The summed E-state index contributed by atoms with van der Waals surface area (Å²) in [6, 6.07) is -0.0796. The van der Waals surface area contributed by atoms with Crippen molar-refractivity contribution in [2.45, 2.75) is 59.4 Å². The highest BCUT2D eigenvalue weighted by Gasteiger charge is 2.32. The summed E-state index contributed by atoms with van der Waals surface area (Å²) in [5, 5.41) is 5.79. The van der Waals surface area contributed by atoms with Crippen LogP contribution in [0.15, 0.2) is 0 Å². The largest absolute Gasteiger partial charge is 0.447 e. The van der Waals surface area contributed by atoms with Gasteiger partial charge in [0.25, 0.3) is 0 Å². The molecule has 110 valence electrons. The molecule has 1 amide bonds. The molecule has 2 atom stereocenters. The minimum atomic E-state index is -0.524. The van der Waals surface area contributed by atoms with Crippen LogP contribution < -0.4 is 10.6 Å². The number of carbonyl (C=O) groups is 2. The van der Waals surface area contributed by atoms with Crippen LogP contribution in [0.4, 0.5) is 4.79 Å². The van der Waals surface area contributed by atoms with Crippen molar-refractivity contribution < 1.29 is 19.1 Å². The third kappa shape index (κ3) is 5.46. The van der Waals surface area contributed by atoms with Crippen LogP contribution in [0.3, 0.4) is 0 Å². The molecule has 0 aromatic heterocycles. The quantitative estimate of drug-likeness (QED) is 0.759. The molecular weight excluding hydrogens is 248 g/mol. The Hall–Kier alpha value is -1.30. The van der Waals surface area contributed by atoms with Crippen LogP contribution in [0, 0.1) is 5.41 Å². The maximum atomic E-state index is 11.7. The Morgan fingerprint density at radius 2 is 1.95 bits per heavy atom. The lowest BCUT2D eigenvalue weighted by Gasteiger charge is -2.20. The molecule has 0 aromatic carbocycles. The summed E-state index contributed by atoms with van der Waals surface area (Å²) in [7, 11) is 0. The van der Waals surface area contributed by atoms with Crippen molar-refractivity contribution in [3.63, 3.8) is 0 Å². The number of carbonyl (C=O) groups excluding carboxylic acids is 2. The van der Waals surface area contributed by atoms with Gasteiger partial charge in [0.15, 0.2) is 6.23 Å². The summed E-state index contributed by atoms with van der Waals surface area (Å²) in [6.07, 6.45) is -0.390. The fraction of sp³-hybridized carbons (Fsp3) is 0.846. The fourth-order valence-corrected chi connectivity index (χ4v) is 1.62. The highest BCUT2D eigenvalue weighted by atomic mass is 16.6. The number of ether oxygens (including phenoxy) is 2. The second-order valence-electron chi connectivity index (χ2n) is 6.08. The maximum Gasteiger partial charge on any atom is 0.407 e. The Morgan fingerprint density at radius 1 is 1.32 bits per heavy atom. The number of hydrogen-bond acceptors (Lipinski definition) is 5. The lowest BCUT2D eigenvalue weighted by molar-refractivity contribution is -0.159. The second kappa shape index (κ2) is 6.23. The van der Waals surface area contributed by atoms with E-state index in [0.717, 1.165) is 0 Å². The van der Waals surface area contributed by atoms with Gasteiger partial charge in [-0.3, -0.25) is 10.1 Å². The molecule has 0 radical (unpaired) electrons. The topological polar surface area (TPSA) is 76.7 Å². The van der Waals surface area contributed by atoms with E-state index in [0.29, 0.717) is 13.0 Å². The highest BCUT2D eigenvalue weighted by molar-refractivity contribution is 5.75. The van der Waals surface area contributed by atoms with E-state index in [9.17, 15) is 9.59 Å². The van der Waals surface area contributed by atoms with Crippen LogP contribution in [0.1, 0.15) is 41.0 Å². The molecule has 1 heterocycles. The number of amides is 1. The standard InChI is InChI=1S/C13H24N2O4/c1-8(2)18-12(17)15-9-6-10(14-7-9)19-11(16)13(3,4)5/h8-10,14H,6-7H2,1-5H3,(H,15,17)/t9-,10?/m1/s1. The van der Waals surface area contributed by atoms with Crippen LogP contribution in [-0.2, 0) is 14.3 Å². The van der Waals surface area contributed by atoms with Gasteiger partial charge < -0.3 is 14.8 Å². The van der Waals surface area contributed by atoms with Gasteiger partial charge in [-0.15, -0.1) is 0 Å². The van der Waals surface area contributed by atoms with E-state index >= 15 is 0 Å².